The molecule has 1 aliphatic rings. The summed E-state index contributed by atoms with van der Waals surface area (Å²) in [4.78, 5) is 20.4. The van der Waals surface area contributed by atoms with Gasteiger partial charge in [0, 0.05) is 19.1 Å². The molecule has 5 nitrogen and oxygen atoms in total. The van der Waals surface area contributed by atoms with Crippen LogP contribution in [0, 0.1) is 0 Å². The number of nitrogens with two attached hydrogens (primary N) is 1. The highest BCUT2D eigenvalue weighted by atomic mass is 79.9. The van der Waals surface area contributed by atoms with Crippen molar-refractivity contribution in [2.24, 2.45) is 5.73 Å². The standard InChI is InChI=1S/C10H15BrN4O/c11-8-9(13-6-14-10(8)16)15(5-4-12)7-2-1-3-7/h6-7H,1-5,12H2,(H,13,14,16). The predicted octanol–water partition coefficient (Wildman–Crippen LogP) is 0.850. The van der Waals surface area contributed by atoms with Crippen molar-refractivity contribution in [2.75, 3.05) is 18.0 Å². The van der Waals surface area contributed by atoms with Crippen LogP contribution >= 0.6 is 15.9 Å². The number of aromatic nitrogens is 2. The number of hydrogen-bond donors (Lipinski definition) is 2. The maximum absolute atomic E-state index is 11.5. The van der Waals surface area contributed by atoms with Crippen LogP contribution in [0.3, 0.4) is 0 Å². The van der Waals surface area contributed by atoms with Gasteiger partial charge in [-0.3, -0.25) is 4.79 Å². The summed E-state index contributed by atoms with van der Waals surface area (Å²) >= 11 is 3.28. The minimum absolute atomic E-state index is 0.147. The Morgan fingerprint density at radius 3 is 2.94 bits per heavy atom. The van der Waals surface area contributed by atoms with E-state index in [1.807, 2.05) is 0 Å². The number of rotatable bonds is 4. The molecule has 0 unspecified atom stereocenters. The van der Waals surface area contributed by atoms with Crippen LogP contribution in [0.25, 0.3) is 0 Å². The first-order valence-corrected chi connectivity index (χ1v) is 6.23. The molecule has 16 heavy (non-hydrogen) atoms. The number of hydrogen-bond acceptors (Lipinski definition) is 4. The van der Waals surface area contributed by atoms with Gasteiger partial charge in [-0.2, -0.15) is 0 Å². The van der Waals surface area contributed by atoms with Gasteiger partial charge in [0.15, 0.2) is 5.82 Å². The van der Waals surface area contributed by atoms with Gasteiger partial charge in [-0.25, -0.2) is 4.98 Å². The summed E-state index contributed by atoms with van der Waals surface area (Å²) in [5, 5.41) is 0. The summed E-state index contributed by atoms with van der Waals surface area (Å²) in [5.74, 6) is 0.707. The summed E-state index contributed by atoms with van der Waals surface area (Å²) < 4.78 is 0.496. The summed E-state index contributed by atoms with van der Waals surface area (Å²) in [6.07, 6.45) is 4.99. The number of nitrogens with one attached hydrogen (secondary N) is 1. The van der Waals surface area contributed by atoms with Crippen LogP contribution < -0.4 is 16.2 Å². The van der Waals surface area contributed by atoms with Gasteiger partial charge >= 0.3 is 0 Å². The van der Waals surface area contributed by atoms with E-state index in [2.05, 4.69) is 30.8 Å². The molecule has 1 aromatic heterocycles. The van der Waals surface area contributed by atoms with E-state index in [9.17, 15) is 4.79 Å². The Morgan fingerprint density at radius 2 is 2.38 bits per heavy atom. The van der Waals surface area contributed by atoms with Crippen molar-refractivity contribution in [3.05, 3.63) is 21.2 Å². The maximum Gasteiger partial charge on any atom is 0.267 e. The van der Waals surface area contributed by atoms with Crippen LogP contribution in [-0.4, -0.2) is 29.1 Å². The first-order valence-electron chi connectivity index (χ1n) is 5.44. The molecule has 1 fully saturated rings. The molecule has 1 aliphatic carbocycles. The van der Waals surface area contributed by atoms with E-state index < -0.39 is 0 Å². The molecule has 0 amide bonds. The first-order chi connectivity index (χ1) is 7.74. The van der Waals surface area contributed by atoms with Crippen molar-refractivity contribution in [3.8, 4) is 0 Å². The van der Waals surface area contributed by atoms with Crippen molar-refractivity contribution in [2.45, 2.75) is 25.3 Å². The Bertz CT molecular complexity index is 416. The average molecular weight is 287 g/mol. The quantitative estimate of drug-likeness (QED) is 0.861. The monoisotopic (exact) mass is 286 g/mol. The van der Waals surface area contributed by atoms with Crippen molar-refractivity contribution in [1.82, 2.24) is 9.97 Å². The number of aromatic amines is 1. The summed E-state index contributed by atoms with van der Waals surface area (Å²) in [5.41, 5.74) is 5.45. The fourth-order valence-corrected chi connectivity index (χ4v) is 2.32. The molecule has 0 atom stereocenters. The molecule has 0 aliphatic heterocycles. The zero-order valence-corrected chi connectivity index (χ0v) is 10.5. The summed E-state index contributed by atoms with van der Waals surface area (Å²) in [6.45, 7) is 1.30. The third kappa shape index (κ3) is 2.12. The van der Waals surface area contributed by atoms with Gasteiger partial charge in [0.2, 0.25) is 0 Å². The molecule has 88 valence electrons. The zero-order valence-electron chi connectivity index (χ0n) is 8.95. The lowest BCUT2D eigenvalue weighted by Gasteiger charge is -2.38. The molecule has 2 rings (SSSR count). The molecule has 6 heteroatoms. The molecule has 0 aromatic carbocycles. The van der Waals surface area contributed by atoms with E-state index >= 15 is 0 Å². The second kappa shape index (κ2) is 4.97. The van der Waals surface area contributed by atoms with E-state index in [0.29, 0.717) is 22.9 Å². The molecule has 3 N–H and O–H groups in total. The number of anilines is 1. The fourth-order valence-electron chi connectivity index (χ4n) is 1.87. The van der Waals surface area contributed by atoms with E-state index in [-0.39, 0.29) is 5.56 Å². The van der Waals surface area contributed by atoms with Gasteiger partial charge in [-0.15, -0.1) is 0 Å². The Morgan fingerprint density at radius 1 is 1.62 bits per heavy atom. The highest BCUT2D eigenvalue weighted by Crippen LogP contribution is 2.30. The Balaban J connectivity index is 2.30. The summed E-state index contributed by atoms with van der Waals surface area (Å²) in [6, 6.07) is 0.481. The average Bonchev–Trinajstić information content (AvgIpc) is 2.19. The Hall–Kier alpha value is -0.880. The molecule has 0 bridgehead atoms. The minimum Gasteiger partial charge on any atom is -0.351 e. The topological polar surface area (TPSA) is 75.0 Å². The van der Waals surface area contributed by atoms with Crippen LogP contribution in [0.15, 0.2) is 15.6 Å². The van der Waals surface area contributed by atoms with Gasteiger partial charge in [0.1, 0.15) is 4.47 Å². The fraction of sp³-hybridized carbons (Fsp3) is 0.600. The molecular formula is C10H15BrN4O. The second-order valence-corrected chi connectivity index (χ2v) is 4.73. The Kier molecular flexibility index (Phi) is 3.60. The van der Waals surface area contributed by atoms with E-state index in [0.717, 1.165) is 19.4 Å². The van der Waals surface area contributed by atoms with Crippen LogP contribution in [0.4, 0.5) is 5.82 Å². The molecule has 1 heterocycles. The molecule has 0 saturated heterocycles. The van der Waals surface area contributed by atoms with Gasteiger partial charge in [0.05, 0.1) is 6.33 Å². The normalized spacial score (nSPS) is 15.9. The van der Waals surface area contributed by atoms with Crippen molar-refractivity contribution in [3.63, 3.8) is 0 Å². The number of halogens is 1. The highest BCUT2D eigenvalue weighted by Gasteiger charge is 2.27. The lowest BCUT2D eigenvalue weighted by atomic mass is 9.91. The van der Waals surface area contributed by atoms with Crippen molar-refractivity contribution in [1.29, 1.82) is 0 Å². The molecular weight excluding hydrogens is 272 g/mol. The minimum atomic E-state index is -0.147. The molecule has 1 aromatic rings. The van der Waals surface area contributed by atoms with E-state index in [1.54, 1.807) is 0 Å². The second-order valence-electron chi connectivity index (χ2n) is 3.94. The van der Waals surface area contributed by atoms with Gasteiger partial charge in [-0.05, 0) is 35.2 Å². The SMILES string of the molecule is NCCN(c1nc[nH]c(=O)c1Br)C1CCC1. The molecule has 0 radical (unpaired) electrons. The number of H-pyrrole nitrogens is 1. The first kappa shape index (κ1) is 11.6. The third-order valence-corrected chi connectivity index (χ3v) is 3.65. The predicted molar refractivity (Wildman–Crippen MR) is 66.6 cm³/mol. The van der Waals surface area contributed by atoms with Gasteiger partial charge in [0.25, 0.3) is 5.56 Å². The summed E-state index contributed by atoms with van der Waals surface area (Å²) in [7, 11) is 0. The van der Waals surface area contributed by atoms with E-state index in [4.69, 9.17) is 5.73 Å². The lowest BCUT2D eigenvalue weighted by molar-refractivity contribution is 0.385. The van der Waals surface area contributed by atoms with Crippen LogP contribution in [-0.2, 0) is 0 Å². The van der Waals surface area contributed by atoms with Gasteiger partial charge in [-0.1, -0.05) is 0 Å². The van der Waals surface area contributed by atoms with Crippen molar-refractivity contribution < 1.29 is 0 Å². The van der Waals surface area contributed by atoms with Crippen LogP contribution in [0.1, 0.15) is 19.3 Å². The molecule has 1 saturated carbocycles. The highest BCUT2D eigenvalue weighted by molar-refractivity contribution is 9.10. The maximum atomic E-state index is 11.5. The number of nitrogens with zero attached hydrogens (tertiary/aromatic N) is 2. The lowest BCUT2D eigenvalue weighted by Crippen LogP contribution is -2.44. The van der Waals surface area contributed by atoms with Crippen LogP contribution in [0.5, 0.6) is 0 Å². The largest absolute Gasteiger partial charge is 0.351 e. The smallest absolute Gasteiger partial charge is 0.267 e. The zero-order chi connectivity index (χ0) is 11.5. The van der Waals surface area contributed by atoms with Crippen LogP contribution in [0.2, 0.25) is 0 Å². The molecule has 0 spiro atoms. The van der Waals surface area contributed by atoms with Gasteiger partial charge < -0.3 is 15.6 Å². The van der Waals surface area contributed by atoms with E-state index in [1.165, 1.54) is 12.7 Å². The Labute approximate surface area is 102 Å². The van der Waals surface area contributed by atoms with Crippen molar-refractivity contribution >= 4 is 21.7 Å². The third-order valence-electron chi connectivity index (χ3n) is 2.94.